The summed E-state index contributed by atoms with van der Waals surface area (Å²) in [6.07, 6.45) is 4.25. The lowest BCUT2D eigenvalue weighted by molar-refractivity contribution is 0.0947. The van der Waals surface area contributed by atoms with E-state index in [4.69, 9.17) is 9.68 Å². The Kier molecular flexibility index (Phi) is 5.05. The Hall–Kier alpha value is -3.92. The molecule has 0 aliphatic rings. The normalized spacial score (nSPS) is 9.96. The van der Waals surface area contributed by atoms with Crippen LogP contribution >= 0.6 is 0 Å². The van der Waals surface area contributed by atoms with Gasteiger partial charge in [0.25, 0.3) is 11.8 Å². The maximum atomic E-state index is 12.4. The SMILES string of the molecule is N#Cc1ccccc1NC(=O)c1cncc(C(=O)NCc2ccco2)c1. The summed E-state index contributed by atoms with van der Waals surface area (Å²) >= 11 is 0. The van der Waals surface area contributed by atoms with Gasteiger partial charge >= 0.3 is 0 Å². The van der Waals surface area contributed by atoms with Crippen LogP contribution in [0.1, 0.15) is 32.0 Å². The molecule has 0 atom stereocenters. The molecule has 7 heteroatoms. The standard InChI is InChI=1S/C19H14N4O3/c20-9-13-4-1-2-6-17(13)23-19(25)15-8-14(10-21-11-15)18(24)22-12-16-5-3-7-26-16/h1-8,10-11H,12H2,(H,22,24)(H,23,25). The first-order valence-electron chi connectivity index (χ1n) is 7.73. The summed E-state index contributed by atoms with van der Waals surface area (Å²) in [7, 11) is 0. The van der Waals surface area contributed by atoms with E-state index in [0.29, 0.717) is 17.0 Å². The molecule has 0 spiro atoms. The third-order valence-corrected chi connectivity index (χ3v) is 3.56. The Labute approximate surface area is 149 Å². The summed E-state index contributed by atoms with van der Waals surface area (Å²) in [6.45, 7) is 0.234. The topological polar surface area (TPSA) is 108 Å². The summed E-state index contributed by atoms with van der Waals surface area (Å²) < 4.78 is 5.15. The Morgan fingerprint density at radius 3 is 2.58 bits per heavy atom. The highest BCUT2D eigenvalue weighted by atomic mass is 16.3. The quantitative estimate of drug-likeness (QED) is 0.738. The van der Waals surface area contributed by atoms with E-state index >= 15 is 0 Å². The summed E-state index contributed by atoms with van der Waals surface area (Å²) in [4.78, 5) is 28.5. The van der Waals surface area contributed by atoms with Crippen LogP contribution in [0, 0.1) is 11.3 Å². The van der Waals surface area contributed by atoms with Gasteiger partial charge in [0, 0.05) is 12.4 Å². The highest BCUT2D eigenvalue weighted by Gasteiger charge is 2.13. The van der Waals surface area contributed by atoms with Gasteiger partial charge in [-0.15, -0.1) is 0 Å². The number of carbonyl (C=O) groups excluding carboxylic acids is 2. The smallest absolute Gasteiger partial charge is 0.257 e. The Bertz CT molecular complexity index is 974. The fraction of sp³-hybridized carbons (Fsp3) is 0.0526. The lowest BCUT2D eigenvalue weighted by atomic mass is 10.1. The van der Waals surface area contributed by atoms with Gasteiger partial charge in [-0.2, -0.15) is 5.26 Å². The van der Waals surface area contributed by atoms with Crippen molar-refractivity contribution in [2.24, 2.45) is 0 Å². The lowest BCUT2D eigenvalue weighted by Gasteiger charge is -2.08. The number of anilines is 1. The maximum absolute atomic E-state index is 12.4. The molecule has 26 heavy (non-hydrogen) atoms. The van der Waals surface area contributed by atoms with Crippen LogP contribution in [0.25, 0.3) is 0 Å². The first-order valence-corrected chi connectivity index (χ1v) is 7.73. The van der Waals surface area contributed by atoms with E-state index < -0.39 is 5.91 Å². The van der Waals surface area contributed by atoms with Crippen molar-refractivity contribution < 1.29 is 14.0 Å². The number of furan rings is 1. The first-order chi connectivity index (χ1) is 12.7. The van der Waals surface area contributed by atoms with Gasteiger partial charge in [0.1, 0.15) is 11.8 Å². The molecule has 2 aromatic heterocycles. The highest BCUT2D eigenvalue weighted by molar-refractivity contribution is 6.06. The molecule has 0 radical (unpaired) electrons. The van der Waals surface area contributed by atoms with Crippen LogP contribution in [0.4, 0.5) is 5.69 Å². The average Bonchev–Trinajstić information content (AvgIpc) is 3.20. The average molecular weight is 346 g/mol. The molecule has 0 fully saturated rings. The van der Waals surface area contributed by atoms with Crippen molar-refractivity contribution in [1.29, 1.82) is 5.26 Å². The van der Waals surface area contributed by atoms with Crippen LogP contribution in [0.2, 0.25) is 0 Å². The van der Waals surface area contributed by atoms with Crippen molar-refractivity contribution in [2.75, 3.05) is 5.32 Å². The number of amides is 2. The number of rotatable bonds is 5. The zero-order chi connectivity index (χ0) is 18.4. The molecule has 0 unspecified atom stereocenters. The lowest BCUT2D eigenvalue weighted by Crippen LogP contribution is -2.23. The van der Waals surface area contributed by atoms with E-state index in [0.717, 1.165) is 0 Å². The van der Waals surface area contributed by atoms with Crippen molar-refractivity contribution in [2.45, 2.75) is 6.54 Å². The van der Waals surface area contributed by atoms with Gasteiger partial charge < -0.3 is 15.1 Å². The number of benzene rings is 1. The zero-order valence-corrected chi connectivity index (χ0v) is 13.6. The molecule has 0 saturated heterocycles. The molecular formula is C19H14N4O3. The second-order valence-corrected chi connectivity index (χ2v) is 5.34. The van der Waals surface area contributed by atoms with Gasteiger partial charge in [-0.3, -0.25) is 14.6 Å². The molecule has 3 rings (SSSR count). The Morgan fingerprint density at radius 2 is 1.85 bits per heavy atom. The predicted octanol–water partition coefficient (Wildman–Crippen LogP) is 2.73. The minimum Gasteiger partial charge on any atom is -0.467 e. The molecular weight excluding hydrogens is 332 g/mol. The molecule has 0 bridgehead atoms. The van der Waals surface area contributed by atoms with E-state index in [1.54, 1.807) is 36.4 Å². The van der Waals surface area contributed by atoms with Crippen molar-refractivity contribution in [3.63, 3.8) is 0 Å². The van der Waals surface area contributed by atoms with E-state index in [1.807, 2.05) is 6.07 Å². The molecule has 2 N–H and O–H groups in total. The molecule has 7 nitrogen and oxygen atoms in total. The number of nitriles is 1. The molecule has 2 heterocycles. The molecule has 2 amide bonds. The van der Waals surface area contributed by atoms with Crippen molar-refractivity contribution in [1.82, 2.24) is 10.3 Å². The fourth-order valence-corrected chi connectivity index (χ4v) is 2.26. The van der Waals surface area contributed by atoms with Crippen LogP contribution in [-0.2, 0) is 6.54 Å². The van der Waals surface area contributed by atoms with Crippen LogP contribution in [0.15, 0.2) is 65.5 Å². The van der Waals surface area contributed by atoms with E-state index in [-0.39, 0.29) is 23.6 Å². The van der Waals surface area contributed by atoms with Crippen LogP contribution < -0.4 is 10.6 Å². The maximum Gasteiger partial charge on any atom is 0.257 e. The van der Waals surface area contributed by atoms with E-state index in [2.05, 4.69) is 15.6 Å². The second-order valence-electron chi connectivity index (χ2n) is 5.34. The van der Waals surface area contributed by atoms with Gasteiger partial charge in [-0.25, -0.2) is 0 Å². The summed E-state index contributed by atoms with van der Waals surface area (Å²) in [6, 6.07) is 13.6. The molecule has 0 aliphatic heterocycles. The molecule has 3 aromatic rings. The van der Waals surface area contributed by atoms with E-state index in [1.165, 1.54) is 24.7 Å². The largest absolute Gasteiger partial charge is 0.467 e. The van der Waals surface area contributed by atoms with Gasteiger partial charge in [0.15, 0.2) is 0 Å². The van der Waals surface area contributed by atoms with Crippen molar-refractivity contribution >= 4 is 17.5 Å². The first kappa shape index (κ1) is 16.9. The monoisotopic (exact) mass is 346 g/mol. The Balaban J connectivity index is 1.71. The third-order valence-electron chi connectivity index (χ3n) is 3.56. The number of hydrogen-bond donors (Lipinski definition) is 2. The fourth-order valence-electron chi connectivity index (χ4n) is 2.26. The number of carbonyl (C=O) groups is 2. The minimum atomic E-state index is -0.458. The Morgan fingerprint density at radius 1 is 1.08 bits per heavy atom. The number of hydrogen-bond acceptors (Lipinski definition) is 5. The highest BCUT2D eigenvalue weighted by Crippen LogP contribution is 2.15. The summed E-state index contributed by atoms with van der Waals surface area (Å²) in [5.74, 6) is -0.213. The number of aromatic nitrogens is 1. The zero-order valence-electron chi connectivity index (χ0n) is 13.6. The minimum absolute atomic E-state index is 0.211. The van der Waals surface area contributed by atoms with Gasteiger partial charge in [0.05, 0.1) is 35.2 Å². The molecule has 128 valence electrons. The van der Waals surface area contributed by atoms with Crippen LogP contribution in [0.5, 0.6) is 0 Å². The summed E-state index contributed by atoms with van der Waals surface area (Å²) in [5.41, 5.74) is 1.20. The van der Waals surface area contributed by atoms with Crippen molar-refractivity contribution in [3.8, 4) is 6.07 Å². The second kappa shape index (κ2) is 7.77. The van der Waals surface area contributed by atoms with Crippen molar-refractivity contribution in [3.05, 3.63) is 83.6 Å². The molecule has 1 aromatic carbocycles. The summed E-state index contributed by atoms with van der Waals surface area (Å²) in [5, 5.41) is 14.4. The number of pyridine rings is 1. The van der Waals surface area contributed by atoms with Gasteiger partial charge in [-0.1, -0.05) is 12.1 Å². The number of nitrogens with zero attached hydrogens (tertiary/aromatic N) is 2. The van der Waals surface area contributed by atoms with E-state index in [9.17, 15) is 9.59 Å². The van der Waals surface area contributed by atoms with Gasteiger partial charge in [0.2, 0.25) is 0 Å². The van der Waals surface area contributed by atoms with Crippen LogP contribution in [-0.4, -0.2) is 16.8 Å². The van der Waals surface area contributed by atoms with Crippen LogP contribution in [0.3, 0.4) is 0 Å². The molecule has 0 saturated carbocycles. The number of nitrogens with one attached hydrogen (secondary N) is 2. The van der Waals surface area contributed by atoms with Gasteiger partial charge in [-0.05, 0) is 30.3 Å². The third kappa shape index (κ3) is 3.94. The molecule has 0 aliphatic carbocycles. The number of para-hydroxylation sites is 1. The predicted molar refractivity (Wildman–Crippen MR) is 93.2 cm³/mol.